The maximum Gasteiger partial charge on any atom is 0.337 e. The summed E-state index contributed by atoms with van der Waals surface area (Å²) in [5.41, 5.74) is 1.03. The molecule has 2 aromatic rings. The van der Waals surface area contributed by atoms with Crippen molar-refractivity contribution in [2.24, 2.45) is 0 Å². The summed E-state index contributed by atoms with van der Waals surface area (Å²) >= 11 is 0. The van der Waals surface area contributed by atoms with E-state index < -0.39 is 16.8 Å². The summed E-state index contributed by atoms with van der Waals surface area (Å²) in [5, 5.41) is 15.8. The van der Waals surface area contributed by atoms with E-state index in [1.807, 2.05) is 0 Å². The summed E-state index contributed by atoms with van der Waals surface area (Å²) < 4.78 is 4.59. The lowest BCUT2D eigenvalue weighted by Gasteiger charge is -2.07. The molecule has 0 saturated heterocycles. The Balaban J connectivity index is 1.79. The first kappa shape index (κ1) is 19.6. The first-order valence-electron chi connectivity index (χ1n) is 7.91. The average molecular weight is 371 g/mol. The van der Waals surface area contributed by atoms with Gasteiger partial charge in [0.2, 0.25) is 5.91 Å². The van der Waals surface area contributed by atoms with Crippen molar-refractivity contribution in [3.8, 4) is 0 Å². The normalized spacial score (nSPS) is 9.96. The molecule has 2 N–H and O–H groups in total. The summed E-state index contributed by atoms with van der Waals surface area (Å²) in [6, 6.07) is 11.3. The zero-order valence-corrected chi connectivity index (χ0v) is 14.4. The topological polar surface area (TPSA) is 128 Å². The van der Waals surface area contributed by atoms with Gasteiger partial charge in [-0.15, -0.1) is 0 Å². The third-order valence-electron chi connectivity index (χ3n) is 3.57. The predicted molar refractivity (Wildman–Crippen MR) is 96.5 cm³/mol. The fourth-order valence-corrected chi connectivity index (χ4v) is 2.16. The van der Waals surface area contributed by atoms with Crippen LogP contribution in [0.25, 0.3) is 0 Å². The summed E-state index contributed by atoms with van der Waals surface area (Å²) in [4.78, 5) is 45.2. The number of amides is 2. The Morgan fingerprint density at radius 1 is 1.00 bits per heavy atom. The molecule has 0 saturated carbocycles. The molecule has 0 heterocycles. The van der Waals surface area contributed by atoms with Crippen molar-refractivity contribution < 1.29 is 24.0 Å². The second kappa shape index (κ2) is 9.09. The van der Waals surface area contributed by atoms with E-state index in [4.69, 9.17) is 0 Å². The number of methoxy groups -OCH3 is 1. The van der Waals surface area contributed by atoms with Crippen LogP contribution in [0.5, 0.6) is 0 Å². The average Bonchev–Trinajstić information content (AvgIpc) is 2.67. The minimum Gasteiger partial charge on any atom is -0.465 e. The van der Waals surface area contributed by atoms with Crippen molar-refractivity contribution in [3.63, 3.8) is 0 Å². The van der Waals surface area contributed by atoms with Gasteiger partial charge < -0.3 is 15.4 Å². The van der Waals surface area contributed by atoms with E-state index in [1.165, 1.54) is 43.5 Å². The number of carbonyl (C=O) groups excluding carboxylic acids is 3. The minimum absolute atomic E-state index is 0.0392. The molecule has 0 spiro atoms. The van der Waals surface area contributed by atoms with E-state index in [2.05, 4.69) is 15.4 Å². The van der Waals surface area contributed by atoms with Crippen molar-refractivity contribution in [1.29, 1.82) is 0 Å². The molecule has 140 valence electrons. The number of nitro benzene ring substituents is 1. The number of hydrogen-bond donors (Lipinski definition) is 2. The quantitative estimate of drug-likeness (QED) is 0.436. The number of non-ortho nitro benzene ring substituents is 1. The molecule has 0 bridgehead atoms. The second-order valence-electron chi connectivity index (χ2n) is 5.43. The second-order valence-corrected chi connectivity index (χ2v) is 5.43. The van der Waals surface area contributed by atoms with E-state index in [-0.39, 0.29) is 30.1 Å². The van der Waals surface area contributed by atoms with E-state index in [9.17, 15) is 24.5 Å². The van der Waals surface area contributed by atoms with Gasteiger partial charge in [-0.2, -0.15) is 0 Å². The Kier molecular flexibility index (Phi) is 6.59. The van der Waals surface area contributed by atoms with Crippen molar-refractivity contribution in [2.45, 2.75) is 6.42 Å². The SMILES string of the molecule is COC(=O)c1ccc(NC(=O)CCNC(=O)c2ccc([N+](=O)[O-])cc2)cc1. The maximum absolute atomic E-state index is 11.9. The Morgan fingerprint density at radius 2 is 1.59 bits per heavy atom. The molecular weight excluding hydrogens is 354 g/mol. The lowest BCUT2D eigenvalue weighted by Crippen LogP contribution is -2.27. The fourth-order valence-electron chi connectivity index (χ4n) is 2.16. The van der Waals surface area contributed by atoms with Crippen molar-refractivity contribution >= 4 is 29.2 Å². The standard InChI is InChI=1S/C18H17N3O6/c1-27-18(24)13-2-6-14(7-3-13)20-16(22)10-11-19-17(23)12-4-8-15(9-5-12)21(25)26/h2-9H,10-11H2,1H3,(H,19,23)(H,20,22). The smallest absolute Gasteiger partial charge is 0.337 e. The van der Waals surface area contributed by atoms with Crippen molar-refractivity contribution in [3.05, 3.63) is 69.8 Å². The first-order chi connectivity index (χ1) is 12.9. The van der Waals surface area contributed by atoms with Gasteiger partial charge in [0.25, 0.3) is 11.6 Å². The highest BCUT2D eigenvalue weighted by Crippen LogP contribution is 2.12. The number of carbonyl (C=O) groups is 3. The summed E-state index contributed by atoms with van der Waals surface area (Å²) in [7, 11) is 1.28. The van der Waals surface area contributed by atoms with E-state index in [0.717, 1.165) is 0 Å². The highest BCUT2D eigenvalue weighted by molar-refractivity contribution is 5.95. The van der Waals surface area contributed by atoms with Crippen LogP contribution in [0.15, 0.2) is 48.5 Å². The van der Waals surface area contributed by atoms with Crippen LogP contribution in [0.3, 0.4) is 0 Å². The van der Waals surface area contributed by atoms with Crippen LogP contribution in [-0.4, -0.2) is 36.4 Å². The lowest BCUT2D eigenvalue weighted by atomic mass is 10.2. The number of esters is 1. The van der Waals surface area contributed by atoms with Crippen LogP contribution in [-0.2, 0) is 9.53 Å². The number of nitrogens with zero attached hydrogens (tertiary/aromatic N) is 1. The van der Waals surface area contributed by atoms with E-state index in [1.54, 1.807) is 12.1 Å². The molecule has 0 aliphatic heterocycles. The van der Waals surface area contributed by atoms with Crippen LogP contribution in [0.1, 0.15) is 27.1 Å². The molecule has 9 heteroatoms. The number of benzene rings is 2. The molecular formula is C18H17N3O6. The molecule has 2 aromatic carbocycles. The Bertz CT molecular complexity index is 846. The largest absolute Gasteiger partial charge is 0.465 e. The van der Waals surface area contributed by atoms with Crippen molar-refractivity contribution in [1.82, 2.24) is 5.32 Å². The zero-order chi connectivity index (χ0) is 19.8. The third kappa shape index (κ3) is 5.63. The number of hydrogen-bond acceptors (Lipinski definition) is 6. The lowest BCUT2D eigenvalue weighted by molar-refractivity contribution is -0.384. The van der Waals surface area contributed by atoms with E-state index >= 15 is 0 Å². The van der Waals surface area contributed by atoms with Gasteiger partial charge in [0.15, 0.2) is 0 Å². The number of nitro groups is 1. The summed E-state index contributed by atoms with van der Waals surface area (Å²) in [5.74, 6) is -1.22. The number of rotatable bonds is 7. The van der Waals surface area contributed by atoms with Crippen LogP contribution in [0.2, 0.25) is 0 Å². The zero-order valence-electron chi connectivity index (χ0n) is 14.4. The molecule has 0 aromatic heterocycles. The summed E-state index contributed by atoms with van der Waals surface area (Å²) in [6.45, 7) is 0.0991. The monoisotopic (exact) mass is 371 g/mol. The fraction of sp³-hybridized carbons (Fsp3) is 0.167. The van der Waals surface area contributed by atoms with Crippen LogP contribution in [0, 0.1) is 10.1 Å². The third-order valence-corrected chi connectivity index (χ3v) is 3.57. The Morgan fingerprint density at radius 3 is 2.15 bits per heavy atom. The van der Waals surface area contributed by atoms with Gasteiger partial charge in [-0.05, 0) is 36.4 Å². The van der Waals surface area contributed by atoms with Gasteiger partial charge >= 0.3 is 5.97 Å². The van der Waals surface area contributed by atoms with Crippen molar-refractivity contribution in [2.75, 3.05) is 19.0 Å². The molecule has 0 fully saturated rings. The number of nitrogens with one attached hydrogen (secondary N) is 2. The Labute approximate surface area is 154 Å². The van der Waals surface area contributed by atoms with Crippen LogP contribution in [0.4, 0.5) is 11.4 Å². The van der Waals surface area contributed by atoms with Crippen LogP contribution >= 0.6 is 0 Å². The number of anilines is 1. The number of ether oxygens (including phenoxy) is 1. The molecule has 2 amide bonds. The van der Waals surface area contributed by atoms with E-state index in [0.29, 0.717) is 11.3 Å². The van der Waals surface area contributed by atoms with Gasteiger partial charge in [0.1, 0.15) is 0 Å². The van der Waals surface area contributed by atoms with Crippen LogP contribution < -0.4 is 10.6 Å². The minimum atomic E-state index is -0.552. The highest BCUT2D eigenvalue weighted by atomic mass is 16.6. The highest BCUT2D eigenvalue weighted by Gasteiger charge is 2.10. The Hall–Kier alpha value is -3.75. The predicted octanol–water partition coefficient (Wildman–Crippen LogP) is 2.14. The van der Waals surface area contributed by atoms with Gasteiger partial charge in [0, 0.05) is 36.3 Å². The first-order valence-corrected chi connectivity index (χ1v) is 7.91. The summed E-state index contributed by atoms with van der Waals surface area (Å²) in [6.07, 6.45) is 0.0392. The maximum atomic E-state index is 11.9. The molecule has 0 atom stereocenters. The van der Waals surface area contributed by atoms with Gasteiger partial charge in [-0.3, -0.25) is 19.7 Å². The molecule has 0 aliphatic rings. The van der Waals surface area contributed by atoms with Gasteiger partial charge in [-0.25, -0.2) is 4.79 Å². The molecule has 9 nitrogen and oxygen atoms in total. The molecule has 0 radical (unpaired) electrons. The molecule has 2 rings (SSSR count). The molecule has 0 aliphatic carbocycles. The van der Waals surface area contributed by atoms with Gasteiger partial charge in [0.05, 0.1) is 17.6 Å². The van der Waals surface area contributed by atoms with Gasteiger partial charge in [-0.1, -0.05) is 0 Å². The molecule has 0 unspecified atom stereocenters. The molecule has 27 heavy (non-hydrogen) atoms.